The van der Waals surface area contributed by atoms with E-state index in [0.717, 1.165) is 19.6 Å². The number of nitrogens with two attached hydrogens (primary N) is 1. The van der Waals surface area contributed by atoms with E-state index in [9.17, 15) is 0 Å². The SMILES string of the molecule is C[C@@H]1CN(CC2(N)CCCC2)C[C@H](C)O1. The van der Waals surface area contributed by atoms with Crippen LogP contribution in [0.2, 0.25) is 0 Å². The Bertz CT molecular complexity index is 204. The van der Waals surface area contributed by atoms with Crippen molar-refractivity contribution in [3.05, 3.63) is 0 Å². The molecular formula is C12H24N2O. The molecule has 0 aromatic heterocycles. The van der Waals surface area contributed by atoms with Crippen LogP contribution in [0.5, 0.6) is 0 Å². The smallest absolute Gasteiger partial charge is 0.0678 e. The maximum Gasteiger partial charge on any atom is 0.0678 e. The Morgan fingerprint density at radius 3 is 2.27 bits per heavy atom. The predicted molar refractivity (Wildman–Crippen MR) is 61.8 cm³/mol. The van der Waals surface area contributed by atoms with Crippen LogP contribution in [0.3, 0.4) is 0 Å². The second-order valence-corrected chi connectivity index (χ2v) is 5.52. The third kappa shape index (κ3) is 2.92. The number of ether oxygens (including phenoxy) is 1. The average molecular weight is 212 g/mol. The third-order valence-corrected chi connectivity index (χ3v) is 3.63. The summed E-state index contributed by atoms with van der Waals surface area (Å²) < 4.78 is 5.73. The minimum atomic E-state index is 0.0940. The van der Waals surface area contributed by atoms with E-state index in [2.05, 4.69) is 18.7 Å². The zero-order valence-electron chi connectivity index (χ0n) is 10.0. The summed E-state index contributed by atoms with van der Waals surface area (Å²) in [5.74, 6) is 0. The van der Waals surface area contributed by atoms with Crippen LogP contribution in [0.15, 0.2) is 0 Å². The van der Waals surface area contributed by atoms with Crippen molar-refractivity contribution in [2.24, 2.45) is 5.73 Å². The van der Waals surface area contributed by atoms with Gasteiger partial charge in [-0.1, -0.05) is 12.8 Å². The van der Waals surface area contributed by atoms with Crippen LogP contribution in [0.25, 0.3) is 0 Å². The van der Waals surface area contributed by atoms with Gasteiger partial charge in [-0.25, -0.2) is 0 Å². The van der Waals surface area contributed by atoms with Gasteiger partial charge in [0.25, 0.3) is 0 Å². The number of nitrogens with zero attached hydrogens (tertiary/aromatic N) is 1. The lowest BCUT2D eigenvalue weighted by molar-refractivity contribution is -0.0725. The summed E-state index contributed by atoms with van der Waals surface area (Å²) in [6.07, 6.45) is 5.75. The molecule has 3 heteroatoms. The van der Waals surface area contributed by atoms with Crippen LogP contribution in [0.1, 0.15) is 39.5 Å². The molecule has 0 amide bonds. The first-order valence-corrected chi connectivity index (χ1v) is 6.24. The Labute approximate surface area is 93.0 Å². The predicted octanol–water partition coefficient (Wildman–Crippen LogP) is 1.37. The highest BCUT2D eigenvalue weighted by Crippen LogP contribution is 2.28. The fourth-order valence-electron chi connectivity index (χ4n) is 3.10. The minimum Gasteiger partial charge on any atom is -0.373 e. The Morgan fingerprint density at radius 2 is 1.73 bits per heavy atom. The maximum atomic E-state index is 6.40. The zero-order chi connectivity index (χ0) is 10.9. The van der Waals surface area contributed by atoms with Crippen LogP contribution >= 0.6 is 0 Å². The van der Waals surface area contributed by atoms with Crippen molar-refractivity contribution in [2.45, 2.75) is 57.3 Å². The van der Waals surface area contributed by atoms with Gasteiger partial charge in [0, 0.05) is 25.2 Å². The first-order chi connectivity index (χ1) is 7.07. The van der Waals surface area contributed by atoms with Crippen molar-refractivity contribution in [1.29, 1.82) is 0 Å². The van der Waals surface area contributed by atoms with Gasteiger partial charge < -0.3 is 10.5 Å². The van der Waals surface area contributed by atoms with E-state index >= 15 is 0 Å². The van der Waals surface area contributed by atoms with Crippen molar-refractivity contribution >= 4 is 0 Å². The second-order valence-electron chi connectivity index (χ2n) is 5.52. The molecule has 0 unspecified atom stereocenters. The van der Waals surface area contributed by atoms with Crippen LogP contribution in [0.4, 0.5) is 0 Å². The Kier molecular flexibility index (Phi) is 3.33. The third-order valence-electron chi connectivity index (χ3n) is 3.63. The molecule has 3 nitrogen and oxygen atoms in total. The number of rotatable bonds is 2. The molecule has 1 saturated carbocycles. The largest absolute Gasteiger partial charge is 0.373 e. The van der Waals surface area contributed by atoms with Gasteiger partial charge >= 0.3 is 0 Å². The summed E-state index contributed by atoms with van der Waals surface area (Å²) in [6.45, 7) is 7.46. The summed E-state index contributed by atoms with van der Waals surface area (Å²) in [4.78, 5) is 2.49. The Morgan fingerprint density at radius 1 is 1.20 bits per heavy atom. The Hall–Kier alpha value is -0.120. The first-order valence-electron chi connectivity index (χ1n) is 6.24. The lowest BCUT2D eigenvalue weighted by Crippen LogP contribution is -2.54. The normalized spacial score (nSPS) is 37.0. The second kappa shape index (κ2) is 4.40. The van der Waals surface area contributed by atoms with Gasteiger partial charge in [-0.05, 0) is 26.7 Å². The highest BCUT2D eigenvalue weighted by Gasteiger charge is 2.33. The standard InChI is InChI=1S/C12H24N2O/c1-10-7-14(8-11(2)15-10)9-12(13)5-3-4-6-12/h10-11H,3-9,13H2,1-2H3/t10-,11+. The molecule has 1 saturated heterocycles. The molecular weight excluding hydrogens is 188 g/mol. The van der Waals surface area contributed by atoms with Crippen molar-refractivity contribution < 1.29 is 4.74 Å². The minimum absolute atomic E-state index is 0.0940. The maximum absolute atomic E-state index is 6.40. The quantitative estimate of drug-likeness (QED) is 0.751. The van der Waals surface area contributed by atoms with Gasteiger partial charge in [0.05, 0.1) is 12.2 Å². The Balaban J connectivity index is 1.87. The molecule has 2 fully saturated rings. The summed E-state index contributed by atoms with van der Waals surface area (Å²) in [5, 5.41) is 0. The van der Waals surface area contributed by atoms with Crippen molar-refractivity contribution in [3.63, 3.8) is 0 Å². The highest BCUT2D eigenvalue weighted by atomic mass is 16.5. The summed E-state index contributed by atoms with van der Waals surface area (Å²) in [6, 6.07) is 0. The molecule has 0 spiro atoms. The monoisotopic (exact) mass is 212 g/mol. The summed E-state index contributed by atoms with van der Waals surface area (Å²) in [7, 11) is 0. The van der Waals surface area contributed by atoms with Crippen LogP contribution in [0, 0.1) is 0 Å². The molecule has 15 heavy (non-hydrogen) atoms. The molecule has 88 valence electrons. The molecule has 0 bridgehead atoms. The zero-order valence-corrected chi connectivity index (χ0v) is 10.0. The summed E-state index contributed by atoms with van der Waals surface area (Å²) >= 11 is 0. The van der Waals surface area contributed by atoms with Crippen molar-refractivity contribution in [1.82, 2.24) is 4.90 Å². The van der Waals surface area contributed by atoms with Crippen molar-refractivity contribution in [3.8, 4) is 0 Å². The van der Waals surface area contributed by atoms with Crippen LogP contribution in [-0.2, 0) is 4.74 Å². The molecule has 1 heterocycles. The molecule has 1 aliphatic carbocycles. The van der Waals surface area contributed by atoms with Gasteiger partial charge in [-0.2, -0.15) is 0 Å². The van der Waals surface area contributed by atoms with E-state index < -0.39 is 0 Å². The van der Waals surface area contributed by atoms with Crippen molar-refractivity contribution in [2.75, 3.05) is 19.6 Å². The number of hydrogen-bond donors (Lipinski definition) is 1. The first kappa shape index (κ1) is 11.4. The van der Waals surface area contributed by atoms with Gasteiger partial charge in [0.1, 0.15) is 0 Å². The summed E-state index contributed by atoms with van der Waals surface area (Å²) in [5.41, 5.74) is 6.49. The van der Waals surface area contributed by atoms with Gasteiger partial charge in [-0.3, -0.25) is 4.90 Å². The molecule has 2 aliphatic rings. The lowest BCUT2D eigenvalue weighted by atomic mass is 9.98. The van der Waals surface area contributed by atoms with E-state index in [-0.39, 0.29) is 5.54 Å². The van der Waals surface area contributed by atoms with E-state index in [0.29, 0.717) is 12.2 Å². The molecule has 2 N–H and O–H groups in total. The van der Waals surface area contributed by atoms with E-state index in [1.165, 1.54) is 25.7 Å². The van der Waals surface area contributed by atoms with Gasteiger partial charge in [0.2, 0.25) is 0 Å². The number of morpholine rings is 1. The molecule has 0 aromatic rings. The highest BCUT2D eigenvalue weighted by molar-refractivity contribution is 4.93. The molecule has 0 aromatic carbocycles. The molecule has 1 aliphatic heterocycles. The van der Waals surface area contributed by atoms with Gasteiger partial charge in [0.15, 0.2) is 0 Å². The van der Waals surface area contributed by atoms with Crippen LogP contribution in [-0.4, -0.2) is 42.3 Å². The van der Waals surface area contributed by atoms with Crippen LogP contribution < -0.4 is 5.73 Å². The van der Waals surface area contributed by atoms with E-state index in [1.54, 1.807) is 0 Å². The van der Waals surface area contributed by atoms with E-state index in [4.69, 9.17) is 10.5 Å². The average Bonchev–Trinajstić information content (AvgIpc) is 2.49. The molecule has 0 radical (unpaired) electrons. The topological polar surface area (TPSA) is 38.5 Å². The number of hydrogen-bond acceptors (Lipinski definition) is 3. The molecule has 2 rings (SSSR count). The van der Waals surface area contributed by atoms with E-state index in [1.807, 2.05) is 0 Å². The van der Waals surface area contributed by atoms with Gasteiger partial charge in [-0.15, -0.1) is 0 Å². The fourth-order valence-corrected chi connectivity index (χ4v) is 3.10. The molecule has 2 atom stereocenters. The fraction of sp³-hybridized carbons (Fsp3) is 1.00. The lowest BCUT2D eigenvalue weighted by Gasteiger charge is -2.39.